The Balaban J connectivity index is 2.15. The van der Waals surface area contributed by atoms with Gasteiger partial charge in [-0.05, 0) is 43.4 Å². The molecule has 0 saturated heterocycles. The second-order valence-corrected chi connectivity index (χ2v) is 6.65. The summed E-state index contributed by atoms with van der Waals surface area (Å²) in [5.41, 5.74) is 1.67. The first kappa shape index (κ1) is 18.3. The minimum Gasteiger partial charge on any atom is -0.355 e. The van der Waals surface area contributed by atoms with E-state index in [0.29, 0.717) is 6.42 Å². The number of benzene rings is 1. The van der Waals surface area contributed by atoms with E-state index in [1.165, 1.54) is 23.7 Å². The van der Waals surface area contributed by atoms with Gasteiger partial charge in [0.05, 0.1) is 6.54 Å². The van der Waals surface area contributed by atoms with Crippen LogP contribution in [0.3, 0.4) is 0 Å². The van der Waals surface area contributed by atoms with Crippen LogP contribution >= 0.6 is 0 Å². The maximum absolute atomic E-state index is 14.1. The van der Waals surface area contributed by atoms with E-state index in [-0.39, 0.29) is 17.7 Å². The first-order chi connectivity index (χ1) is 12.5. The molecule has 1 aromatic heterocycles. The molecule has 0 aliphatic heterocycles. The van der Waals surface area contributed by atoms with Crippen LogP contribution in [-0.4, -0.2) is 17.5 Å². The van der Waals surface area contributed by atoms with E-state index in [0.717, 1.165) is 49.4 Å². The van der Waals surface area contributed by atoms with E-state index in [9.17, 15) is 18.4 Å². The van der Waals surface area contributed by atoms with Gasteiger partial charge in [-0.15, -0.1) is 0 Å². The molecule has 0 bridgehead atoms. The number of nitrogens with zero attached hydrogens (tertiary/aromatic N) is 1. The summed E-state index contributed by atoms with van der Waals surface area (Å²) < 4.78 is 28.8. The fourth-order valence-corrected chi connectivity index (χ4v) is 3.52. The number of carbonyl (C=O) groups excluding carboxylic acids is 1. The fourth-order valence-electron chi connectivity index (χ4n) is 3.52. The highest BCUT2D eigenvalue weighted by Gasteiger charge is 2.20. The molecule has 138 valence electrons. The summed E-state index contributed by atoms with van der Waals surface area (Å²) in [5, 5.41) is 2.49. The number of halogens is 2. The Hall–Kier alpha value is -2.50. The second kappa shape index (κ2) is 7.81. The number of hydrogen-bond acceptors (Lipinski definition) is 2. The smallest absolute Gasteiger partial charge is 0.263 e. The van der Waals surface area contributed by atoms with Gasteiger partial charge in [-0.2, -0.15) is 0 Å². The van der Waals surface area contributed by atoms with Crippen molar-refractivity contribution < 1.29 is 13.6 Å². The van der Waals surface area contributed by atoms with E-state index in [2.05, 4.69) is 5.32 Å². The molecular formula is C20H22F2N2O2. The first-order valence-corrected chi connectivity index (χ1v) is 8.93. The van der Waals surface area contributed by atoms with Gasteiger partial charge in [0.25, 0.3) is 11.5 Å². The van der Waals surface area contributed by atoms with Gasteiger partial charge in [-0.1, -0.05) is 18.9 Å². The minimum atomic E-state index is -0.693. The number of nitrogens with one attached hydrogen (secondary N) is 1. The number of rotatable bonds is 3. The lowest BCUT2D eigenvalue weighted by molar-refractivity contribution is 0.0961. The SMILES string of the molecule is CNC(=O)c1cc2c(n(Cc3ccc(F)cc3F)c1=O)CCCCCC2. The molecule has 6 heteroatoms. The van der Waals surface area contributed by atoms with Gasteiger partial charge in [-0.3, -0.25) is 9.59 Å². The summed E-state index contributed by atoms with van der Waals surface area (Å²) in [5.74, 6) is -1.80. The van der Waals surface area contributed by atoms with Gasteiger partial charge in [-0.25, -0.2) is 8.78 Å². The maximum Gasteiger partial charge on any atom is 0.263 e. The predicted octanol–water partition coefficient (Wildman–Crippen LogP) is 3.19. The molecule has 0 fully saturated rings. The standard InChI is InChI=1S/C20H22F2N2O2/c1-23-19(25)16-10-13-6-4-2-3-5-7-18(13)24(20(16)26)12-14-8-9-15(21)11-17(14)22/h8-11H,2-7,12H2,1H3,(H,23,25). The van der Waals surface area contributed by atoms with Crippen molar-refractivity contribution in [3.05, 3.63) is 68.6 Å². The molecule has 0 radical (unpaired) electrons. The molecule has 0 saturated carbocycles. The Morgan fingerprint density at radius 2 is 1.85 bits per heavy atom. The lowest BCUT2D eigenvalue weighted by Gasteiger charge is -2.21. The van der Waals surface area contributed by atoms with Gasteiger partial charge >= 0.3 is 0 Å². The normalized spacial score (nSPS) is 14.3. The number of carbonyl (C=O) groups is 1. The minimum absolute atomic E-state index is 0.0158. The number of amides is 1. The lowest BCUT2D eigenvalue weighted by Crippen LogP contribution is -2.34. The predicted molar refractivity (Wildman–Crippen MR) is 95.4 cm³/mol. The van der Waals surface area contributed by atoms with Crippen LogP contribution in [0.1, 0.15) is 52.9 Å². The van der Waals surface area contributed by atoms with Crippen molar-refractivity contribution in [2.75, 3.05) is 7.05 Å². The summed E-state index contributed by atoms with van der Waals surface area (Å²) in [6, 6.07) is 5.01. The van der Waals surface area contributed by atoms with Crippen LogP contribution in [0.5, 0.6) is 0 Å². The van der Waals surface area contributed by atoms with Crippen LogP contribution < -0.4 is 10.9 Å². The van der Waals surface area contributed by atoms with Crippen molar-refractivity contribution in [3.63, 3.8) is 0 Å². The quantitative estimate of drug-likeness (QED) is 0.914. The van der Waals surface area contributed by atoms with E-state index < -0.39 is 23.1 Å². The number of hydrogen-bond donors (Lipinski definition) is 1. The van der Waals surface area contributed by atoms with E-state index in [4.69, 9.17) is 0 Å². The highest BCUT2D eigenvalue weighted by atomic mass is 19.1. The van der Waals surface area contributed by atoms with Crippen molar-refractivity contribution in [2.24, 2.45) is 0 Å². The third-order valence-corrected chi connectivity index (χ3v) is 4.92. The molecule has 4 nitrogen and oxygen atoms in total. The number of pyridine rings is 1. The fraction of sp³-hybridized carbons (Fsp3) is 0.400. The molecular weight excluding hydrogens is 338 g/mol. The molecule has 26 heavy (non-hydrogen) atoms. The topological polar surface area (TPSA) is 51.1 Å². The van der Waals surface area contributed by atoms with Crippen molar-refractivity contribution >= 4 is 5.91 Å². The van der Waals surface area contributed by atoms with Crippen molar-refractivity contribution in [3.8, 4) is 0 Å². The molecule has 3 rings (SSSR count). The monoisotopic (exact) mass is 360 g/mol. The molecule has 1 amide bonds. The number of fused-ring (bicyclic) bond motifs is 1. The highest BCUT2D eigenvalue weighted by molar-refractivity contribution is 5.93. The average molecular weight is 360 g/mol. The zero-order chi connectivity index (χ0) is 18.7. The van der Waals surface area contributed by atoms with E-state index in [1.807, 2.05) is 0 Å². The maximum atomic E-state index is 14.1. The molecule has 1 aliphatic carbocycles. The van der Waals surface area contributed by atoms with Crippen LogP contribution in [0.15, 0.2) is 29.1 Å². The summed E-state index contributed by atoms with van der Waals surface area (Å²) in [6.07, 6.45) is 5.62. The summed E-state index contributed by atoms with van der Waals surface area (Å²) >= 11 is 0. The molecule has 1 N–H and O–H groups in total. The second-order valence-electron chi connectivity index (χ2n) is 6.65. The highest BCUT2D eigenvalue weighted by Crippen LogP contribution is 2.21. The van der Waals surface area contributed by atoms with Gasteiger partial charge in [0.15, 0.2) is 0 Å². The average Bonchev–Trinajstić information content (AvgIpc) is 2.59. The molecule has 1 aromatic carbocycles. The van der Waals surface area contributed by atoms with Crippen molar-refractivity contribution in [1.29, 1.82) is 0 Å². The third kappa shape index (κ3) is 3.69. The van der Waals surface area contributed by atoms with E-state index in [1.54, 1.807) is 6.07 Å². The molecule has 1 aliphatic rings. The molecule has 0 unspecified atom stereocenters. The van der Waals surface area contributed by atoms with Gasteiger partial charge in [0.1, 0.15) is 17.2 Å². The van der Waals surface area contributed by atoms with Gasteiger partial charge in [0.2, 0.25) is 0 Å². The number of aromatic nitrogens is 1. The van der Waals surface area contributed by atoms with Crippen molar-refractivity contribution in [2.45, 2.75) is 45.1 Å². The zero-order valence-corrected chi connectivity index (χ0v) is 14.8. The number of aryl methyl sites for hydroxylation is 1. The Labute approximate surface area is 150 Å². The van der Waals surface area contributed by atoms with Crippen molar-refractivity contribution in [1.82, 2.24) is 9.88 Å². The summed E-state index contributed by atoms with van der Waals surface area (Å²) in [4.78, 5) is 25.1. The van der Waals surface area contributed by atoms with E-state index >= 15 is 0 Å². The Morgan fingerprint density at radius 1 is 1.12 bits per heavy atom. The largest absolute Gasteiger partial charge is 0.355 e. The lowest BCUT2D eigenvalue weighted by atomic mass is 9.95. The van der Waals surface area contributed by atoms with Crippen LogP contribution in [0.2, 0.25) is 0 Å². The third-order valence-electron chi connectivity index (χ3n) is 4.92. The first-order valence-electron chi connectivity index (χ1n) is 8.93. The molecule has 0 atom stereocenters. The van der Waals surface area contributed by atoms with Crippen LogP contribution in [-0.2, 0) is 19.4 Å². The zero-order valence-electron chi connectivity index (χ0n) is 14.8. The van der Waals surface area contributed by atoms with Crippen LogP contribution in [0.4, 0.5) is 8.78 Å². The van der Waals surface area contributed by atoms with Gasteiger partial charge in [0, 0.05) is 24.4 Å². The van der Waals surface area contributed by atoms with Gasteiger partial charge < -0.3 is 9.88 Å². The molecule has 2 aromatic rings. The van der Waals surface area contributed by atoms with Crippen LogP contribution in [0.25, 0.3) is 0 Å². The van der Waals surface area contributed by atoms with Crippen LogP contribution in [0, 0.1) is 11.6 Å². The Bertz CT molecular complexity index is 890. The summed E-state index contributed by atoms with van der Waals surface area (Å²) in [7, 11) is 1.47. The molecule has 0 spiro atoms. The Kier molecular flexibility index (Phi) is 5.49. The molecule has 1 heterocycles. The Morgan fingerprint density at radius 3 is 2.54 bits per heavy atom. The summed E-state index contributed by atoms with van der Waals surface area (Å²) in [6.45, 7) is -0.0158.